The van der Waals surface area contributed by atoms with Crippen molar-refractivity contribution in [3.63, 3.8) is 0 Å². The molecule has 2 saturated heterocycles. The van der Waals surface area contributed by atoms with Crippen molar-refractivity contribution in [1.82, 2.24) is 8.61 Å². The third-order valence-corrected chi connectivity index (χ3v) is 10.7. The number of ether oxygens (including phenoxy) is 1. The van der Waals surface area contributed by atoms with E-state index in [2.05, 4.69) is 5.32 Å². The van der Waals surface area contributed by atoms with Crippen LogP contribution in [-0.2, 0) is 34.4 Å². The second-order valence-electron chi connectivity index (χ2n) is 9.02. The van der Waals surface area contributed by atoms with Gasteiger partial charge in [0.05, 0.1) is 28.9 Å². The number of carbonyl (C=O) groups is 2. The number of amides is 2. The van der Waals surface area contributed by atoms with Gasteiger partial charge in [-0.3, -0.25) is 9.59 Å². The van der Waals surface area contributed by atoms with Crippen molar-refractivity contribution >= 4 is 43.2 Å². The maximum absolute atomic E-state index is 12.9. The number of sulfonamides is 2. The van der Waals surface area contributed by atoms with Crippen LogP contribution in [-0.4, -0.2) is 83.2 Å². The van der Waals surface area contributed by atoms with Gasteiger partial charge >= 0.3 is 0 Å². The molecule has 38 heavy (non-hydrogen) atoms. The van der Waals surface area contributed by atoms with Crippen molar-refractivity contribution in [2.45, 2.75) is 30.1 Å². The summed E-state index contributed by atoms with van der Waals surface area (Å²) in [6, 6.07) is 12.0. The largest absolute Gasteiger partial charge is 0.379 e. The highest BCUT2D eigenvalue weighted by molar-refractivity contribution is 7.89. The SMILES string of the molecule is CCN(CC)S(=O)(=O)c1ccc(N2CC(C(=O)Nc3ccc(S(=O)(=O)N4CCOCC4)cc3)CC2=O)cc1. The molecule has 0 aliphatic carbocycles. The first kappa shape index (κ1) is 28.2. The van der Waals surface area contributed by atoms with E-state index in [1.165, 1.54) is 49.9 Å². The van der Waals surface area contributed by atoms with Crippen molar-refractivity contribution in [3.05, 3.63) is 48.5 Å². The zero-order chi connectivity index (χ0) is 27.5. The van der Waals surface area contributed by atoms with Gasteiger partial charge in [0, 0.05) is 50.5 Å². The minimum absolute atomic E-state index is 0.00875. The predicted octanol–water partition coefficient (Wildman–Crippen LogP) is 1.73. The average molecular weight is 565 g/mol. The lowest BCUT2D eigenvalue weighted by Crippen LogP contribution is -2.40. The summed E-state index contributed by atoms with van der Waals surface area (Å²) >= 11 is 0. The Bertz CT molecular complexity index is 1370. The Morgan fingerprint density at radius 3 is 2.11 bits per heavy atom. The molecule has 2 fully saturated rings. The highest BCUT2D eigenvalue weighted by Gasteiger charge is 2.35. The molecule has 13 heteroatoms. The van der Waals surface area contributed by atoms with Crippen molar-refractivity contribution in [3.8, 4) is 0 Å². The molecule has 2 aromatic rings. The molecule has 0 bridgehead atoms. The minimum Gasteiger partial charge on any atom is -0.379 e. The summed E-state index contributed by atoms with van der Waals surface area (Å²) in [6.07, 6.45) is 0.00875. The van der Waals surface area contributed by atoms with Crippen molar-refractivity contribution in [2.75, 3.05) is 56.2 Å². The topological polar surface area (TPSA) is 133 Å². The van der Waals surface area contributed by atoms with Gasteiger partial charge in [0.25, 0.3) is 0 Å². The van der Waals surface area contributed by atoms with Gasteiger partial charge in [0.2, 0.25) is 31.9 Å². The lowest BCUT2D eigenvalue weighted by molar-refractivity contribution is -0.122. The second kappa shape index (κ2) is 11.5. The summed E-state index contributed by atoms with van der Waals surface area (Å²) in [6.45, 7) is 5.69. The molecule has 2 amide bonds. The fourth-order valence-electron chi connectivity index (χ4n) is 4.53. The Balaban J connectivity index is 1.39. The van der Waals surface area contributed by atoms with Crippen LogP contribution in [0.3, 0.4) is 0 Å². The monoisotopic (exact) mass is 564 g/mol. The molecule has 2 aliphatic heterocycles. The summed E-state index contributed by atoms with van der Waals surface area (Å²) in [5.74, 6) is -1.21. The standard InChI is InChI=1S/C25H32N4O7S2/c1-3-27(4-2)37(32,33)23-11-7-21(8-12-23)29-18-19(17-24(29)30)25(31)26-20-5-9-22(10-6-20)38(34,35)28-13-15-36-16-14-28/h5-12,19H,3-4,13-18H2,1-2H3,(H,26,31). The van der Waals surface area contributed by atoms with Gasteiger partial charge in [-0.1, -0.05) is 13.8 Å². The molecule has 4 rings (SSSR count). The van der Waals surface area contributed by atoms with Gasteiger partial charge in [-0.05, 0) is 48.5 Å². The van der Waals surface area contributed by atoms with E-state index in [0.29, 0.717) is 50.8 Å². The molecule has 1 unspecified atom stereocenters. The molecule has 1 N–H and O–H groups in total. The van der Waals surface area contributed by atoms with Gasteiger partial charge in [0.1, 0.15) is 0 Å². The van der Waals surface area contributed by atoms with Crippen molar-refractivity contribution < 1.29 is 31.2 Å². The summed E-state index contributed by atoms with van der Waals surface area (Å²) in [5, 5.41) is 2.76. The number of hydrogen-bond acceptors (Lipinski definition) is 7. The molecule has 2 heterocycles. The summed E-state index contributed by atoms with van der Waals surface area (Å²) in [5.41, 5.74) is 0.939. The molecule has 0 spiro atoms. The highest BCUT2D eigenvalue weighted by Crippen LogP contribution is 2.28. The Morgan fingerprint density at radius 1 is 0.947 bits per heavy atom. The van der Waals surface area contributed by atoms with E-state index in [1.807, 2.05) is 0 Å². The lowest BCUT2D eigenvalue weighted by atomic mass is 10.1. The van der Waals surface area contributed by atoms with E-state index in [9.17, 15) is 26.4 Å². The van der Waals surface area contributed by atoms with Crippen molar-refractivity contribution in [1.29, 1.82) is 0 Å². The zero-order valence-corrected chi connectivity index (χ0v) is 23.0. The normalized spacial score (nSPS) is 19.2. The number of morpholine rings is 1. The van der Waals surface area contributed by atoms with E-state index >= 15 is 0 Å². The summed E-state index contributed by atoms with van der Waals surface area (Å²) in [4.78, 5) is 27.3. The van der Waals surface area contributed by atoms with Crippen LogP contribution in [0.15, 0.2) is 58.3 Å². The van der Waals surface area contributed by atoms with Crippen LogP contribution >= 0.6 is 0 Å². The molecule has 206 valence electrons. The number of anilines is 2. The average Bonchev–Trinajstić information content (AvgIpc) is 3.32. The maximum Gasteiger partial charge on any atom is 0.243 e. The smallest absolute Gasteiger partial charge is 0.243 e. The maximum atomic E-state index is 12.9. The van der Waals surface area contributed by atoms with Gasteiger partial charge in [-0.2, -0.15) is 8.61 Å². The quantitative estimate of drug-likeness (QED) is 0.490. The molecular weight excluding hydrogens is 532 g/mol. The van der Waals surface area contributed by atoms with E-state index < -0.39 is 26.0 Å². The van der Waals surface area contributed by atoms with Crippen LogP contribution in [0.4, 0.5) is 11.4 Å². The Labute approximate surface area is 223 Å². The number of benzene rings is 2. The van der Waals surface area contributed by atoms with Gasteiger partial charge in [0.15, 0.2) is 0 Å². The highest BCUT2D eigenvalue weighted by atomic mass is 32.2. The number of hydrogen-bond donors (Lipinski definition) is 1. The molecule has 0 radical (unpaired) electrons. The third-order valence-electron chi connectivity index (χ3n) is 6.72. The van der Waals surface area contributed by atoms with Gasteiger partial charge < -0.3 is 15.0 Å². The van der Waals surface area contributed by atoms with E-state index in [1.54, 1.807) is 26.0 Å². The first-order valence-electron chi connectivity index (χ1n) is 12.5. The molecular formula is C25H32N4O7S2. The van der Waals surface area contributed by atoms with Gasteiger partial charge in [-0.15, -0.1) is 0 Å². The molecule has 2 aromatic carbocycles. The molecule has 11 nitrogen and oxygen atoms in total. The minimum atomic E-state index is -3.64. The fourth-order valence-corrected chi connectivity index (χ4v) is 7.40. The Kier molecular flexibility index (Phi) is 8.52. The molecule has 1 atom stereocenters. The van der Waals surface area contributed by atoms with E-state index in [0.717, 1.165) is 0 Å². The lowest BCUT2D eigenvalue weighted by Gasteiger charge is -2.26. The van der Waals surface area contributed by atoms with Crippen LogP contribution < -0.4 is 10.2 Å². The summed E-state index contributed by atoms with van der Waals surface area (Å²) in [7, 11) is -7.25. The van der Waals surface area contributed by atoms with Gasteiger partial charge in [-0.25, -0.2) is 16.8 Å². The van der Waals surface area contributed by atoms with Crippen LogP contribution in [0.25, 0.3) is 0 Å². The molecule has 0 saturated carbocycles. The van der Waals surface area contributed by atoms with E-state index in [-0.39, 0.29) is 34.6 Å². The third kappa shape index (κ3) is 5.76. The number of rotatable bonds is 9. The number of nitrogens with zero attached hydrogens (tertiary/aromatic N) is 3. The fraction of sp³-hybridized carbons (Fsp3) is 0.440. The van der Waals surface area contributed by atoms with Crippen molar-refractivity contribution in [2.24, 2.45) is 5.92 Å². The van der Waals surface area contributed by atoms with E-state index in [4.69, 9.17) is 4.74 Å². The van der Waals surface area contributed by atoms with Crippen LogP contribution in [0.5, 0.6) is 0 Å². The Morgan fingerprint density at radius 2 is 1.53 bits per heavy atom. The predicted molar refractivity (Wildman–Crippen MR) is 142 cm³/mol. The number of nitrogens with one attached hydrogen (secondary N) is 1. The van der Waals surface area contributed by atoms with Crippen LogP contribution in [0.1, 0.15) is 20.3 Å². The van der Waals surface area contributed by atoms with Crippen LogP contribution in [0, 0.1) is 5.92 Å². The zero-order valence-electron chi connectivity index (χ0n) is 21.4. The Hall–Kier alpha value is -2.84. The molecule has 2 aliphatic rings. The first-order chi connectivity index (χ1) is 18.1. The molecule has 0 aromatic heterocycles. The second-order valence-corrected chi connectivity index (χ2v) is 12.9. The number of carbonyl (C=O) groups excluding carboxylic acids is 2. The van der Waals surface area contributed by atoms with Crippen LogP contribution in [0.2, 0.25) is 0 Å². The summed E-state index contributed by atoms with van der Waals surface area (Å²) < 4.78 is 58.9. The first-order valence-corrected chi connectivity index (χ1v) is 15.3.